The average molecular weight is 244 g/mol. The number of hydrogen-bond donors (Lipinski definition) is 2. The second-order valence-electron chi connectivity index (χ2n) is 3.19. The first kappa shape index (κ1) is 13.1. The molecule has 0 aliphatic carbocycles. The van der Waals surface area contributed by atoms with Crippen LogP contribution in [0, 0.1) is 6.92 Å². The third-order valence-electron chi connectivity index (χ3n) is 1.83. The number of aliphatic hydroxyl groups excluding tert-OH is 1. The van der Waals surface area contributed by atoms with E-state index in [1.54, 1.807) is 6.20 Å². The fourth-order valence-corrected chi connectivity index (χ4v) is 1.79. The lowest BCUT2D eigenvalue weighted by atomic mass is 10.4. The van der Waals surface area contributed by atoms with Gasteiger partial charge in [0.15, 0.2) is 0 Å². The largest absolute Gasteiger partial charge is 0.394 e. The molecular formula is C10H16N2O3S. The van der Waals surface area contributed by atoms with Crippen LogP contribution in [-0.2, 0) is 4.74 Å². The fraction of sp³-hybridized carbons (Fsp3) is 0.600. The summed E-state index contributed by atoms with van der Waals surface area (Å²) in [5.41, 5.74) is 0. The maximum atomic E-state index is 11.5. The first-order chi connectivity index (χ1) is 7.74. The van der Waals surface area contributed by atoms with E-state index in [-0.39, 0.29) is 12.5 Å². The van der Waals surface area contributed by atoms with Crippen molar-refractivity contribution in [2.75, 3.05) is 26.4 Å². The summed E-state index contributed by atoms with van der Waals surface area (Å²) in [5.74, 6) is -0.0900. The van der Waals surface area contributed by atoms with Crippen LogP contribution in [0.5, 0.6) is 0 Å². The summed E-state index contributed by atoms with van der Waals surface area (Å²) in [7, 11) is 0. The van der Waals surface area contributed by atoms with Gasteiger partial charge in [-0.3, -0.25) is 4.79 Å². The quantitative estimate of drug-likeness (QED) is 0.688. The number of nitrogens with one attached hydrogen (secondary N) is 1. The summed E-state index contributed by atoms with van der Waals surface area (Å²) in [6.07, 6.45) is 2.32. The molecule has 0 aliphatic heterocycles. The van der Waals surface area contributed by atoms with Gasteiger partial charge in [-0.05, 0) is 13.3 Å². The van der Waals surface area contributed by atoms with Gasteiger partial charge in [0.1, 0.15) is 4.88 Å². The molecule has 0 aromatic carbocycles. The van der Waals surface area contributed by atoms with E-state index in [2.05, 4.69) is 10.3 Å². The first-order valence-electron chi connectivity index (χ1n) is 5.13. The van der Waals surface area contributed by atoms with Gasteiger partial charge in [0.25, 0.3) is 5.91 Å². The van der Waals surface area contributed by atoms with E-state index in [1.165, 1.54) is 11.3 Å². The Morgan fingerprint density at radius 1 is 1.62 bits per heavy atom. The van der Waals surface area contributed by atoms with Crippen LogP contribution in [0.3, 0.4) is 0 Å². The number of carbonyl (C=O) groups excluding carboxylic acids is 1. The summed E-state index contributed by atoms with van der Waals surface area (Å²) in [5, 5.41) is 12.1. The molecule has 0 aliphatic rings. The van der Waals surface area contributed by atoms with Gasteiger partial charge in [0.05, 0.1) is 24.4 Å². The van der Waals surface area contributed by atoms with Crippen molar-refractivity contribution in [3.8, 4) is 0 Å². The lowest BCUT2D eigenvalue weighted by Gasteiger charge is -2.03. The monoisotopic (exact) mass is 244 g/mol. The Balaban J connectivity index is 2.11. The summed E-state index contributed by atoms with van der Waals surface area (Å²) in [4.78, 5) is 16.2. The molecule has 0 spiro atoms. The summed E-state index contributed by atoms with van der Waals surface area (Å²) in [6.45, 7) is 3.36. The van der Waals surface area contributed by atoms with E-state index in [4.69, 9.17) is 9.84 Å². The third-order valence-corrected chi connectivity index (χ3v) is 2.74. The molecule has 16 heavy (non-hydrogen) atoms. The summed E-state index contributed by atoms with van der Waals surface area (Å²) < 4.78 is 5.06. The molecule has 1 rings (SSSR count). The van der Waals surface area contributed by atoms with Crippen molar-refractivity contribution in [3.63, 3.8) is 0 Å². The molecule has 6 heteroatoms. The smallest absolute Gasteiger partial charge is 0.263 e. The zero-order valence-corrected chi connectivity index (χ0v) is 10.0. The van der Waals surface area contributed by atoms with Gasteiger partial charge >= 0.3 is 0 Å². The Bertz CT molecular complexity index is 328. The predicted molar refractivity (Wildman–Crippen MR) is 61.7 cm³/mol. The number of aromatic nitrogens is 1. The van der Waals surface area contributed by atoms with Gasteiger partial charge < -0.3 is 15.2 Å². The maximum Gasteiger partial charge on any atom is 0.263 e. The van der Waals surface area contributed by atoms with Crippen LogP contribution < -0.4 is 5.32 Å². The number of thiazole rings is 1. The van der Waals surface area contributed by atoms with Crippen molar-refractivity contribution in [2.45, 2.75) is 13.3 Å². The zero-order chi connectivity index (χ0) is 11.8. The number of nitrogens with zero attached hydrogens (tertiary/aromatic N) is 1. The molecule has 0 atom stereocenters. The van der Waals surface area contributed by atoms with E-state index >= 15 is 0 Å². The second kappa shape index (κ2) is 7.32. The highest BCUT2D eigenvalue weighted by Crippen LogP contribution is 2.10. The Hall–Kier alpha value is -0.980. The van der Waals surface area contributed by atoms with Crippen molar-refractivity contribution in [1.29, 1.82) is 0 Å². The number of carbonyl (C=O) groups is 1. The molecule has 0 radical (unpaired) electrons. The number of aryl methyl sites for hydroxylation is 1. The second-order valence-corrected chi connectivity index (χ2v) is 4.42. The van der Waals surface area contributed by atoms with Crippen molar-refractivity contribution in [1.82, 2.24) is 10.3 Å². The SMILES string of the molecule is Cc1ncc(C(=O)NCCCOCCO)s1. The fourth-order valence-electron chi connectivity index (χ4n) is 1.10. The van der Waals surface area contributed by atoms with E-state index in [0.717, 1.165) is 11.4 Å². The van der Waals surface area contributed by atoms with E-state index in [9.17, 15) is 4.79 Å². The molecule has 0 fully saturated rings. The van der Waals surface area contributed by atoms with Gasteiger partial charge in [0, 0.05) is 13.2 Å². The van der Waals surface area contributed by atoms with Crippen LogP contribution in [0.1, 0.15) is 21.1 Å². The molecule has 1 aromatic rings. The van der Waals surface area contributed by atoms with Gasteiger partial charge in [-0.1, -0.05) is 0 Å². The van der Waals surface area contributed by atoms with E-state index < -0.39 is 0 Å². The molecule has 0 bridgehead atoms. The number of hydrogen-bond acceptors (Lipinski definition) is 5. The Kier molecular flexibility index (Phi) is 5.99. The molecule has 1 heterocycles. The number of rotatable bonds is 7. The lowest BCUT2D eigenvalue weighted by molar-refractivity contribution is 0.0869. The minimum absolute atomic E-state index is 0.0342. The summed E-state index contributed by atoms with van der Waals surface area (Å²) in [6, 6.07) is 0. The normalized spacial score (nSPS) is 10.4. The van der Waals surface area contributed by atoms with Gasteiger partial charge in [-0.2, -0.15) is 0 Å². The number of amides is 1. The highest BCUT2D eigenvalue weighted by atomic mass is 32.1. The van der Waals surface area contributed by atoms with Gasteiger partial charge in [-0.25, -0.2) is 4.98 Å². The molecule has 2 N–H and O–H groups in total. The minimum Gasteiger partial charge on any atom is -0.394 e. The minimum atomic E-state index is -0.0900. The topological polar surface area (TPSA) is 71.5 Å². The molecule has 0 saturated carbocycles. The van der Waals surface area contributed by atoms with E-state index in [0.29, 0.717) is 24.6 Å². The van der Waals surface area contributed by atoms with Crippen LogP contribution in [0.25, 0.3) is 0 Å². The standard InChI is InChI=1S/C10H16N2O3S/c1-8-12-7-9(16-8)10(14)11-3-2-5-15-6-4-13/h7,13H,2-6H2,1H3,(H,11,14). The van der Waals surface area contributed by atoms with Crippen LogP contribution >= 0.6 is 11.3 Å². The summed E-state index contributed by atoms with van der Waals surface area (Å²) >= 11 is 1.38. The van der Waals surface area contributed by atoms with Crippen LogP contribution in [-0.4, -0.2) is 42.4 Å². The predicted octanol–water partition coefficient (Wildman–Crippen LogP) is 0.580. The van der Waals surface area contributed by atoms with Gasteiger partial charge in [-0.15, -0.1) is 11.3 Å². The molecular weight excluding hydrogens is 228 g/mol. The van der Waals surface area contributed by atoms with Crippen molar-refractivity contribution < 1.29 is 14.6 Å². The molecule has 90 valence electrons. The van der Waals surface area contributed by atoms with Crippen molar-refractivity contribution >= 4 is 17.2 Å². The third kappa shape index (κ3) is 4.69. The van der Waals surface area contributed by atoms with Crippen LogP contribution in [0.2, 0.25) is 0 Å². The van der Waals surface area contributed by atoms with Crippen molar-refractivity contribution in [2.24, 2.45) is 0 Å². The first-order valence-corrected chi connectivity index (χ1v) is 5.95. The molecule has 1 aromatic heterocycles. The lowest BCUT2D eigenvalue weighted by Crippen LogP contribution is -2.24. The van der Waals surface area contributed by atoms with Gasteiger partial charge in [0.2, 0.25) is 0 Å². The van der Waals surface area contributed by atoms with Crippen molar-refractivity contribution in [3.05, 3.63) is 16.1 Å². The zero-order valence-electron chi connectivity index (χ0n) is 9.23. The van der Waals surface area contributed by atoms with Crippen LogP contribution in [0.15, 0.2) is 6.20 Å². The highest BCUT2D eigenvalue weighted by molar-refractivity contribution is 7.13. The molecule has 1 amide bonds. The van der Waals surface area contributed by atoms with Crippen LogP contribution in [0.4, 0.5) is 0 Å². The van der Waals surface area contributed by atoms with E-state index in [1.807, 2.05) is 6.92 Å². The number of ether oxygens (including phenoxy) is 1. The Morgan fingerprint density at radius 2 is 2.44 bits per heavy atom. The molecule has 0 saturated heterocycles. The highest BCUT2D eigenvalue weighted by Gasteiger charge is 2.07. The molecule has 0 unspecified atom stereocenters. The average Bonchev–Trinajstić information content (AvgIpc) is 2.70. The Labute approximate surface area is 98.5 Å². The maximum absolute atomic E-state index is 11.5. The molecule has 5 nitrogen and oxygen atoms in total. The number of aliphatic hydroxyl groups is 1. The Morgan fingerprint density at radius 3 is 3.06 bits per heavy atom.